The molecule has 0 aromatic rings. The highest BCUT2D eigenvalue weighted by atomic mass is 31.2. The fourth-order valence-electron chi connectivity index (χ4n) is 9.26. The summed E-state index contributed by atoms with van der Waals surface area (Å²) >= 11 is 0. The summed E-state index contributed by atoms with van der Waals surface area (Å²) < 4.78 is 22.9. The van der Waals surface area contributed by atoms with E-state index < -0.39 is 63.2 Å². The molecule has 0 saturated heterocycles. The molecule has 12 nitrogen and oxygen atoms in total. The molecule has 398 valence electrons. The van der Waals surface area contributed by atoms with Gasteiger partial charge in [-0.2, -0.15) is 0 Å². The van der Waals surface area contributed by atoms with Crippen LogP contribution in [0.3, 0.4) is 0 Å². The van der Waals surface area contributed by atoms with Crippen molar-refractivity contribution in [2.75, 3.05) is 6.61 Å². The van der Waals surface area contributed by atoms with Crippen LogP contribution in [-0.4, -0.2) is 96.8 Å². The van der Waals surface area contributed by atoms with Crippen LogP contribution in [0.4, 0.5) is 0 Å². The lowest BCUT2D eigenvalue weighted by Gasteiger charge is -2.41. The number of hydrogen-bond donors (Lipinski definition) is 8. The summed E-state index contributed by atoms with van der Waals surface area (Å²) in [6, 6.07) is -1.11. The fraction of sp³-hybridized carbons (Fsp3) is 0.944. The maximum absolute atomic E-state index is 13.0. The van der Waals surface area contributed by atoms with Crippen molar-refractivity contribution in [3.05, 3.63) is 12.2 Å². The summed E-state index contributed by atoms with van der Waals surface area (Å²) in [7, 11) is -5.07. The van der Waals surface area contributed by atoms with Gasteiger partial charge in [0, 0.05) is 6.42 Å². The van der Waals surface area contributed by atoms with Gasteiger partial charge in [-0.15, -0.1) is 0 Å². The monoisotopic (exact) mass is 976 g/mol. The van der Waals surface area contributed by atoms with E-state index in [1.165, 1.54) is 205 Å². The molecule has 9 atom stereocenters. The zero-order valence-corrected chi connectivity index (χ0v) is 43.9. The van der Waals surface area contributed by atoms with Crippen LogP contribution in [0.5, 0.6) is 0 Å². The summed E-state index contributed by atoms with van der Waals surface area (Å²) in [6.07, 6.45) is 40.6. The first kappa shape index (κ1) is 64.1. The number of aliphatic hydroxyl groups excluding tert-OH is 6. The molecular formula is C54H106NO11P. The summed E-state index contributed by atoms with van der Waals surface area (Å²) in [5.41, 5.74) is 0. The van der Waals surface area contributed by atoms with Gasteiger partial charge in [-0.1, -0.05) is 257 Å². The smallest absolute Gasteiger partial charge is 0.387 e. The number of allylic oxidation sites excluding steroid dienone is 1. The zero-order valence-electron chi connectivity index (χ0n) is 43.0. The molecule has 1 amide bonds. The molecule has 1 fully saturated rings. The Labute approximate surface area is 409 Å². The lowest BCUT2D eigenvalue weighted by Crippen LogP contribution is -2.64. The summed E-state index contributed by atoms with van der Waals surface area (Å²) in [6.45, 7) is 3.83. The van der Waals surface area contributed by atoms with Gasteiger partial charge < -0.3 is 40.8 Å². The summed E-state index contributed by atoms with van der Waals surface area (Å²) in [4.78, 5) is 23.4. The minimum Gasteiger partial charge on any atom is -0.387 e. The van der Waals surface area contributed by atoms with Crippen LogP contribution in [0.1, 0.15) is 271 Å². The predicted octanol–water partition coefficient (Wildman–Crippen LogP) is 12.4. The van der Waals surface area contributed by atoms with E-state index in [9.17, 15) is 44.9 Å². The van der Waals surface area contributed by atoms with Gasteiger partial charge in [0.2, 0.25) is 5.91 Å². The number of phosphoric acid groups is 1. The van der Waals surface area contributed by atoms with Crippen molar-refractivity contribution < 1.29 is 53.9 Å². The quantitative estimate of drug-likeness (QED) is 0.0164. The molecule has 0 heterocycles. The van der Waals surface area contributed by atoms with Gasteiger partial charge in [0.25, 0.3) is 0 Å². The van der Waals surface area contributed by atoms with Crippen LogP contribution >= 0.6 is 7.82 Å². The lowest BCUT2D eigenvalue weighted by atomic mass is 9.85. The Balaban J connectivity index is 2.17. The van der Waals surface area contributed by atoms with Crippen LogP contribution in [0.15, 0.2) is 12.2 Å². The molecule has 8 N–H and O–H groups in total. The molecule has 0 aromatic carbocycles. The largest absolute Gasteiger partial charge is 0.472 e. The number of rotatable bonds is 48. The zero-order chi connectivity index (χ0) is 49.2. The topological polar surface area (TPSA) is 206 Å². The van der Waals surface area contributed by atoms with Gasteiger partial charge in [-0.05, 0) is 19.3 Å². The number of hydrogen-bond acceptors (Lipinski definition) is 10. The highest BCUT2D eigenvalue weighted by Gasteiger charge is 2.51. The minimum atomic E-state index is -5.07. The SMILES string of the molecule is CCCCCCCCC/C=C/[C@@H](O)[C@H](COP(=O)(O)OC1C(O)C(O)C(O)[C@@H](O)C1O)NC(=O)CCCCCCCCCCCCCCCCCCCCCCCCCCCCCCCCC. The van der Waals surface area contributed by atoms with Gasteiger partial charge in [0.1, 0.15) is 36.6 Å². The Kier molecular flexibility index (Phi) is 41.9. The van der Waals surface area contributed by atoms with Crippen molar-refractivity contribution >= 4 is 13.7 Å². The molecule has 0 aromatic heterocycles. The minimum absolute atomic E-state index is 0.219. The van der Waals surface area contributed by atoms with Crippen LogP contribution in [0, 0.1) is 0 Å². The highest BCUT2D eigenvalue weighted by molar-refractivity contribution is 7.47. The number of phosphoric ester groups is 1. The first-order chi connectivity index (χ1) is 32.4. The van der Waals surface area contributed by atoms with Crippen LogP contribution < -0.4 is 5.32 Å². The number of carbonyl (C=O) groups is 1. The molecule has 13 heteroatoms. The molecule has 67 heavy (non-hydrogen) atoms. The Morgan fingerprint density at radius 2 is 0.791 bits per heavy atom. The van der Waals surface area contributed by atoms with E-state index in [0.717, 1.165) is 44.9 Å². The van der Waals surface area contributed by atoms with Crippen LogP contribution in [-0.2, 0) is 18.4 Å². The third kappa shape index (κ3) is 34.9. The third-order valence-electron chi connectivity index (χ3n) is 13.8. The molecule has 0 radical (unpaired) electrons. The van der Waals surface area contributed by atoms with E-state index in [4.69, 9.17) is 9.05 Å². The second-order valence-corrected chi connectivity index (χ2v) is 21.6. The van der Waals surface area contributed by atoms with Gasteiger partial charge >= 0.3 is 7.82 Å². The second kappa shape index (κ2) is 43.8. The maximum atomic E-state index is 13.0. The van der Waals surface area contributed by atoms with Crippen molar-refractivity contribution in [1.29, 1.82) is 0 Å². The van der Waals surface area contributed by atoms with Gasteiger partial charge in [-0.25, -0.2) is 4.57 Å². The van der Waals surface area contributed by atoms with Crippen molar-refractivity contribution in [2.45, 2.75) is 319 Å². The van der Waals surface area contributed by atoms with E-state index in [2.05, 4.69) is 19.2 Å². The Bertz CT molecular complexity index is 1180. The van der Waals surface area contributed by atoms with Gasteiger partial charge in [0.15, 0.2) is 0 Å². The van der Waals surface area contributed by atoms with E-state index in [1.807, 2.05) is 6.08 Å². The van der Waals surface area contributed by atoms with Crippen molar-refractivity contribution in [1.82, 2.24) is 5.32 Å². The standard InChI is InChI=1S/C54H106NO11P/c1-3-5-7-9-11-13-14-15-16-17-18-19-20-21-22-23-24-25-26-27-28-29-30-31-32-33-34-36-38-40-42-44-48(57)55-46(47(56)43-41-39-37-35-12-10-8-6-4-2)45-65-67(63,64)66-54-52(61)50(59)49(58)51(60)53(54)62/h41,43,46-47,49-54,56,58-62H,3-40,42,44-45H2,1-2H3,(H,55,57)(H,63,64)/b43-41+/t46-,47+,49?,50+,51?,52?,53?,54?/m0/s1. The Morgan fingerprint density at radius 3 is 1.13 bits per heavy atom. The number of carbonyl (C=O) groups excluding carboxylic acids is 1. The van der Waals surface area contributed by atoms with E-state index in [1.54, 1.807) is 0 Å². The molecule has 0 bridgehead atoms. The number of nitrogens with one attached hydrogen (secondary N) is 1. The predicted molar refractivity (Wildman–Crippen MR) is 274 cm³/mol. The normalized spacial score (nSPS) is 21.7. The van der Waals surface area contributed by atoms with Gasteiger partial charge in [-0.3, -0.25) is 13.8 Å². The average Bonchev–Trinajstić information content (AvgIpc) is 3.31. The van der Waals surface area contributed by atoms with Gasteiger partial charge in [0.05, 0.1) is 18.8 Å². The molecule has 6 unspecified atom stereocenters. The first-order valence-electron chi connectivity index (χ1n) is 28.1. The average molecular weight is 976 g/mol. The van der Waals surface area contributed by atoms with Crippen molar-refractivity contribution in [2.24, 2.45) is 0 Å². The van der Waals surface area contributed by atoms with Crippen LogP contribution in [0.2, 0.25) is 0 Å². The Morgan fingerprint density at radius 1 is 0.493 bits per heavy atom. The first-order valence-corrected chi connectivity index (χ1v) is 29.6. The fourth-order valence-corrected chi connectivity index (χ4v) is 10.2. The second-order valence-electron chi connectivity index (χ2n) is 20.1. The molecule has 0 aliphatic heterocycles. The lowest BCUT2D eigenvalue weighted by molar-refractivity contribution is -0.220. The molecule has 1 aliphatic rings. The molecule has 0 spiro atoms. The maximum Gasteiger partial charge on any atom is 0.472 e. The van der Waals surface area contributed by atoms with E-state index in [0.29, 0.717) is 6.42 Å². The molecule has 1 aliphatic carbocycles. The van der Waals surface area contributed by atoms with Crippen molar-refractivity contribution in [3.8, 4) is 0 Å². The number of amides is 1. The Hall–Kier alpha value is -0.920. The summed E-state index contributed by atoms with van der Waals surface area (Å²) in [5.74, 6) is -0.337. The molecule has 1 saturated carbocycles. The third-order valence-corrected chi connectivity index (χ3v) is 14.8. The van der Waals surface area contributed by atoms with Crippen LogP contribution in [0.25, 0.3) is 0 Å². The summed E-state index contributed by atoms with van der Waals surface area (Å²) in [5, 5.41) is 64.0. The van der Waals surface area contributed by atoms with E-state index in [-0.39, 0.29) is 12.3 Å². The van der Waals surface area contributed by atoms with E-state index >= 15 is 0 Å². The molecule has 1 rings (SSSR count). The van der Waals surface area contributed by atoms with Crippen molar-refractivity contribution in [3.63, 3.8) is 0 Å². The number of aliphatic hydroxyl groups is 6. The number of unbranched alkanes of at least 4 members (excludes halogenated alkanes) is 37. The highest BCUT2D eigenvalue weighted by Crippen LogP contribution is 2.47. The molecular weight excluding hydrogens is 870 g/mol.